The lowest BCUT2D eigenvalue weighted by Gasteiger charge is -2.30. The van der Waals surface area contributed by atoms with Crippen molar-refractivity contribution in [3.63, 3.8) is 0 Å². The monoisotopic (exact) mass is 514 g/mol. The average molecular weight is 515 g/mol. The molecular formula is C25H27ClN4O2S2. The summed E-state index contributed by atoms with van der Waals surface area (Å²) in [6.45, 7) is 0.523. The number of hydrogen-bond acceptors (Lipinski definition) is 5. The number of aliphatic imine (C=N–C) groups is 1. The van der Waals surface area contributed by atoms with Gasteiger partial charge in [-0.25, -0.2) is 0 Å². The van der Waals surface area contributed by atoms with E-state index in [9.17, 15) is 4.79 Å². The summed E-state index contributed by atoms with van der Waals surface area (Å²) >= 11 is 13.1. The standard InChI is InChI=1S/C25H27ClN4O2S2/c26-18-7-5-15(6-8-18)20-12-17(2-1-9-29-24(27)28)21(32-20)13-22-23(31)30(25(33)34-22)19-11-14-3-4-16(19)10-14/h5-8,12-14,16,19H,1-4,9-11H2,(H4,27,28,29). The normalized spacial score (nSPS) is 25.0. The lowest BCUT2D eigenvalue weighted by atomic mass is 9.94. The Morgan fingerprint density at radius 3 is 2.74 bits per heavy atom. The van der Waals surface area contributed by atoms with Crippen molar-refractivity contribution in [2.75, 3.05) is 6.54 Å². The number of furan rings is 1. The van der Waals surface area contributed by atoms with Gasteiger partial charge in [0.2, 0.25) is 0 Å². The molecular weight excluding hydrogens is 488 g/mol. The summed E-state index contributed by atoms with van der Waals surface area (Å²) in [6, 6.07) is 9.76. The molecule has 2 bridgehead atoms. The highest BCUT2D eigenvalue weighted by Crippen LogP contribution is 2.49. The minimum absolute atomic E-state index is 0.00319. The SMILES string of the molecule is NC(N)=NCCCc1cc(-c2ccc(Cl)cc2)oc1C=C1SC(=S)N(C2CC3CCC2C3)C1=O. The molecule has 178 valence electrons. The summed E-state index contributed by atoms with van der Waals surface area (Å²) in [7, 11) is 0. The van der Waals surface area contributed by atoms with Gasteiger partial charge in [0.25, 0.3) is 5.91 Å². The van der Waals surface area contributed by atoms with Gasteiger partial charge in [0, 0.05) is 29.2 Å². The zero-order valence-corrected chi connectivity index (χ0v) is 21.1. The van der Waals surface area contributed by atoms with Gasteiger partial charge in [-0.1, -0.05) is 42.0 Å². The third-order valence-electron chi connectivity index (χ3n) is 6.99. The molecule has 0 spiro atoms. The molecule has 6 nitrogen and oxygen atoms in total. The van der Waals surface area contributed by atoms with Crippen molar-refractivity contribution in [1.29, 1.82) is 0 Å². The Hall–Kier alpha value is -2.29. The molecule has 3 fully saturated rings. The minimum Gasteiger partial charge on any atom is -0.456 e. The molecule has 4 N–H and O–H groups in total. The Morgan fingerprint density at radius 2 is 2.06 bits per heavy atom. The Morgan fingerprint density at radius 1 is 1.26 bits per heavy atom. The molecule has 34 heavy (non-hydrogen) atoms. The van der Waals surface area contributed by atoms with Crippen LogP contribution in [0.2, 0.25) is 5.02 Å². The molecule has 2 heterocycles. The molecule has 9 heteroatoms. The molecule has 1 aromatic heterocycles. The minimum atomic E-state index is 0.00319. The Balaban J connectivity index is 1.41. The first-order valence-electron chi connectivity index (χ1n) is 11.6. The largest absolute Gasteiger partial charge is 0.456 e. The number of fused-ring (bicyclic) bond motifs is 2. The number of carbonyl (C=O) groups excluding carboxylic acids is 1. The van der Waals surface area contributed by atoms with Crippen molar-refractivity contribution in [1.82, 2.24) is 4.90 Å². The summed E-state index contributed by atoms with van der Waals surface area (Å²) in [5.74, 6) is 2.80. The van der Waals surface area contributed by atoms with Gasteiger partial charge in [-0.2, -0.15) is 0 Å². The van der Waals surface area contributed by atoms with Crippen molar-refractivity contribution in [2.24, 2.45) is 28.3 Å². The van der Waals surface area contributed by atoms with Crippen LogP contribution in [0.15, 0.2) is 44.6 Å². The summed E-state index contributed by atoms with van der Waals surface area (Å²) in [4.78, 5) is 20.0. The topological polar surface area (TPSA) is 97.8 Å². The van der Waals surface area contributed by atoms with Gasteiger partial charge in [0.1, 0.15) is 15.8 Å². The molecule has 3 unspecified atom stereocenters. The van der Waals surface area contributed by atoms with E-state index in [4.69, 9.17) is 39.7 Å². The van der Waals surface area contributed by atoms with Gasteiger partial charge in [-0.15, -0.1) is 0 Å². The zero-order chi connectivity index (χ0) is 23.8. The number of nitrogens with zero attached hydrogens (tertiary/aromatic N) is 2. The van der Waals surface area contributed by atoms with Crippen LogP contribution in [-0.4, -0.2) is 33.7 Å². The number of aryl methyl sites for hydroxylation is 1. The van der Waals surface area contributed by atoms with E-state index in [2.05, 4.69) is 4.99 Å². The zero-order valence-electron chi connectivity index (χ0n) is 18.7. The van der Waals surface area contributed by atoms with E-state index < -0.39 is 0 Å². The third-order valence-corrected chi connectivity index (χ3v) is 8.57. The first-order valence-corrected chi connectivity index (χ1v) is 13.2. The Bertz CT molecular complexity index is 1170. The van der Waals surface area contributed by atoms with Crippen molar-refractivity contribution >= 4 is 57.8 Å². The number of amides is 1. The first-order chi connectivity index (χ1) is 16.4. The van der Waals surface area contributed by atoms with Crippen LogP contribution in [0.4, 0.5) is 0 Å². The van der Waals surface area contributed by atoms with Gasteiger partial charge in [-0.3, -0.25) is 14.7 Å². The molecule has 3 aliphatic rings. The second kappa shape index (κ2) is 9.76. The van der Waals surface area contributed by atoms with Crippen molar-refractivity contribution < 1.29 is 9.21 Å². The lowest BCUT2D eigenvalue weighted by molar-refractivity contribution is -0.124. The Labute approximate surface area is 213 Å². The van der Waals surface area contributed by atoms with Crippen LogP contribution in [0.5, 0.6) is 0 Å². The number of benzene rings is 1. The third kappa shape index (κ3) is 4.76. The average Bonchev–Trinajstić information content (AvgIpc) is 3.57. The van der Waals surface area contributed by atoms with Crippen LogP contribution < -0.4 is 11.5 Å². The predicted octanol–water partition coefficient (Wildman–Crippen LogP) is 5.20. The number of guanidine groups is 1. The molecule has 0 radical (unpaired) electrons. The van der Waals surface area contributed by atoms with Crippen LogP contribution in [0.3, 0.4) is 0 Å². The van der Waals surface area contributed by atoms with Gasteiger partial charge >= 0.3 is 0 Å². The van der Waals surface area contributed by atoms with Gasteiger partial charge < -0.3 is 15.9 Å². The van der Waals surface area contributed by atoms with E-state index in [-0.39, 0.29) is 17.9 Å². The molecule has 1 aliphatic heterocycles. The molecule has 2 aromatic rings. The van der Waals surface area contributed by atoms with Crippen LogP contribution in [-0.2, 0) is 11.2 Å². The van der Waals surface area contributed by atoms with E-state index >= 15 is 0 Å². The number of hydrogen-bond donors (Lipinski definition) is 2. The summed E-state index contributed by atoms with van der Waals surface area (Å²) in [6.07, 6.45) is 8.10. The van der Waals surface area contributed by atoms with Crippen LogP contribution in [0, 0.1) is 11.8 Å². The highest BCUT2D eigenvalue weighted by Gasteiger charge is 2.48. The fourth-order valence-electron chi connectivity index (χ4n) is 5.41. The maximum Gasteiger partial charge on any atom is 0.266 e. The Kier molecular flexibility index (Phi) is 6.73. The summed E-state index contributed by atoms with van der Waals surface area (Å²) < 4.78 is 6.90. The summed E-state index contributed by atoms with van der Waals surface area (Å²) in [5.41, 5.74) is 12.8. The van der Waals surface area contributed by atoms with Gasteiger partial charge in [-0.05, 0) is 79.8 Å². The second-order valence-electron chi connectivity index (χ2n) is 9.21. The number of halogens is 1. The van der Waals surface area contributed by atoms with E-state index in [0.29, 0.717) is 38.9 Å². The lowest BCUT2D eigenvalue weighted by Crippen LogP contribution is -2.41. The number of carbonyl (C=O) groups is 1. The first kappa shape index (κ1) is 23.5. The molecule has 1 aromatic carbocycles. The van der Waals surface area contributed by atoms with Crippen LogP contribution in [0.25, 0.3) is 17.4 Å². The fraction of sp³-hybridized carbons (Fsp3) is 0.400. The number of rotatable bonds is 7. The molecule has 1 saturated heterocycles. The van der Waals surface area contributed by atoms with Crippen molar-refractivity contribution in [3.8, 4) is 11.3 Å². The maximum absolute atomic E-state index is 13.4. The molecule has 5 rings (SSSR count). The predicted molar refractivity (Wildman–Crippen MR) is 142 cm³/mol. The quantitative estimate of drug-likeness (QED) is 0.173. The highest BCUT2D eigenvalue weighted by molar-refractivity contribution is 8.26. The van der Waals surface area contributed by atoms with E-state index in [1.54, 1.807) is 0 Å². The second-order valence-corrected chi connectivity index (χ2v) is 11.3. The van der Waals surface area contributed by atoms with E-state index in [0.717, 1.165) is 35.6 Å². The molecule has 2 saturated carbocycles. The maximum atomic E-state index is 13.4. The highest BCUT2D eigenvalue weighted by atomic mass is 35.5. The van der Waals surface area contributed by atoms with Gasteiger partial charge in [0.05, 0.1) is 4.91 Å². The van der Waals surface area contributed by atoms with E-state index in [1.165, 1.54) is 31.0 Å². The fourth-order valence-corrected chi connectivity index (χ4v) is 6.88. The number of thioether (sulfide) groups is 1. The number of thiocarbonyl (C=S) groups is 1. The van der Waals surface area contributed by atoms with Gasteiger partial charge in [0.15, 0.2) is 5.96 Å². The molecule has 2 aliphatic carbocycles. The van der Waals surface area contributed by atoms with Crippen molar-refractivity contribution in [2.45, 2.75) is 44.6 Å². The number of nitrogens with two attached hydrogens (primary N) is 2. The molecule has 1 amide bonds. The van der Waals surface area contributed by atoms with Crippen LogP contribution >= 0.6 is 35.6 Å². The summed E-state index contributed by atoms with van der Waals surface area (Å²) in [5, 5.41) is 0.664. The van der Waals surface area contributed by atoms with Crippen LogP contribution in [0.1, 0.15) is 43.4 Å². The smallest absolute Gasteiger partial charge is 0.266 e. The molecule has 3 atom stereocenters. The van der Waals surface area contributed by atoms with Crippen molar-refractivity contribution in [3.05, 3.63) is 51.6 Å². The van der Waals surface area contributed by atoms with E-state index in [1.807, 2.05) is 41.3 Å².